The van der Waals surface area contributed by atoms with E-state index < -0.39 is 19.6 Å². The molecule has 0 heterocycles. The molecule has 0 nitrogen and oxygen atoms in total. The first-order chi connectivity index (χ1) is 4.52. The fourth-order valence-corrected chi connectivity index (χ4v) is 8.09. The third-order valence-electron chi connectivity index (χ3n) is 1.24. The van der Waals surface area contributed by atoms with Crippen molar-refractivity contribution >= 4 is 19.6 Å². The van der Waals surface area contributed by atoms with Gasteiger partial charge in [-0.05, 0) is 0 Å². The van der Waals surface area contributed by atoms with Gasteiger partial charge in [0.1, 0.15) is 0 Å². The summed E-state index contributed by atoms with van der Waals surface area (Å²) in [5, 5.41) is 0. The third-order valence-corrected chi connectivity index (χ3v) is 8.29. The van der Waals surface area contributed by atoms with Gasteiger partial charge in [-0.1, -0.05) is 0 Å². The van der Waals surface area contributed by atoms with Gasteiger partial charge in [0.25, 0.3) is 0 Å². The fourth-order valence-electron chi connectivity index (χ4n) is 1.21. The van der Waals surface area contributed by atoms with Crippen LogP contribution in [0.15, 0.2) is 0 Å². The predicted octanol–water partition coefficient (Wildman–Crippen LogP) is 3.42. The summed E-state index contributed by atoms with van der Waals surface area (Å²) in [6, 6.07) is 0. The number of hydrogen-bond donors (Lipinski definition) is 0. The van der Waals surface area contributed by atoms with Crippen molar-refractivity contribution in [2.75, 3.05) is 0 Å². The van der Waals surface area contributed by atoms with Crippen molar-refractivity contribution < 1.29 is 0 Å². The summed E-state index contributed by atoms with van der Waals surface area (Å²) in [5.74, 6) is 1.89. The molecule has 10 heavy (non-hydrogen) atoms. The molecule has 0 N–H and O–H groups in total. The van der Waals surface area contributed by atoms with Crippen LogP contribution in [0.3, 0.4) is 0 Å². The van der Waals surface area contributed by atoms with Gasteiger partial charge in [0.2, 0.25) is 0 Å². The maximum absolute atomic E-state index is 2.53. The van der Waals surface area contributed by atoms with Crippen molar-refractivity contribution in [3.63, 3.8) is 0 Å². The fraction of sp³-hybridized carbons (Fsp3) is 1.00. The van der Waals surface area contributed by atoms with E-state index in [4.69, 9.17) is 0 Å². The molecule has 1 heteroatoms. The molecule has 0 aliphatic heterocycles. The zero-order valence-corrected chi connectivity index (χ0v) is 10.3. The van der Waals surface area contributed by atoms with Crippen molar-refractivity contribution in [3.05, 3.63) is 0 Å². The minimum atomic E-state index is -0.594. The Morgan fingerprint density at radius 1 is 0.900 bits per heavy atom. The zero-order chi connectivity index (χ0) is 8.15. The van der Waals surface area contributed by atoms with Gasteiger partial charge < -0.3 is 0 Å². The second-order valence-electron chi connectivity index (χ2n) is 3.90. The molecule has 0 amide bonds. The molecular formula is C9H21Te+. The molecule has 0 aliphatic carbocycles. The summed E-state index contributed by atoms with van der Waals surface area (Å²) >= 11 is -0.594. The third kappa shape index (κ3) is 6.90. The first-order valence-corrected chi connectivity index (χ1v) is 9.74. The average Bonchev–Trinajstić information content (AvgIpc) is 1.58. The van der Waals surface area contributed by atoms with Crippen molar-refractivity contribution in [2.24, 2.45) is 11.8 Å². The average molecular weight is 257 g/mol. The summed E-state index contributed by atoms with van der Waals surface area (Å²) in [6.45, 7) is 9.38. The van der Waals surface area contributed by atoms with Crippen LogP contribution >= 0.6 is 0 Å². The molecule has 62 valence electrons. The molecule has 0 atom stereocenters. The predicted molar refractivity (Wildman–Crippen MR) is 50.9 cm³/mol. The van der Waals surface area contributed by atoms with Gasteiger partial charge in [0, 0.05) is 0 Å². The Hall–Kier alpha value is 0.790. The molecule has 0 radical (unpaired) electrons. The molecule has 0 aromatic rings. The molecule has 0 rings (SSSR count). The van der Waals surface area contributed by atoms with Crippen LogP contribution in [0.4, 0.5) is 0 Å². The Balaban J connectivity index is 3.34. The topological polar surface area (TPSA) is 0 Å². The second-order valence-corrected chi connectivity index (χ2v) is 10.3. The van der Waals surface area contributed by atoms with Gasteiger partial charge in [0.15, 0.2) is 0 Å². The maximum atomic E-state index is 2.53. The molecule has 0 saturated heterocycles. The van der Waals surface area contributed by atoms with E-state index in [2.05, 4.69) is 32.7 Å². The van der Waals surface area contributed by atoms with E-state index in [1.54, 1.807) is 8.94 Å². The molecule has 0 spiro atoms. The van der Waals surface area contributed by atoms with Crippen LogP contribution in [0.2, 0.25) is 13.9 Å². The van der Waals surface area contributed by atoms with Gasteiger partial charge >= 0.3 is 73.0 Å². The van der Waals surface area contributed by atoms with Crippen LogP contribution in [0.1, 0.15) is 27.7 Å². The minimum absolute atomic E-state index is 0.594. The molecular weight excluding hydrogens is 236 g/mol. The van der Waals surface area contributed by atoms with Gasteiger partial charge in [-0.3, -0.25) is 0 Å². The van der Waals surface area contributed by atoms with Crippen LogP contribution in [0.25, 0.3) is 0 Å². The Bertz CT molecular complexity index is 66.8. The quantitative estimate of drug-likeness (QED) is 0.677. The summed E-state index contributed by atoms with van der Waals surface area (Å²) in [5.41, 5.74) is 0. The van der Waals surface area contributed by atoms with Gasteiger partial charge in [-0.2, -0.15) is 0 Å². The zero-order valence-electron chi connectivity index (χ0n) is 7.98. The molecule has 0 saturated carbocycles. The van der Waals surface area contributed by atoms with Gasteiger partial charge in [0.05, 0.1) is 0 Å². The molecule has 0 unspecified atom stereocenters. The standard InChI is InChI=1S/C9H21Te/c1-8(2)6-10(5)7-9(3)4/h8-9H,6-7H2,1-5H3/q+1. The van der Waals surface area contributed by atoms with E-state index in [0.717, 1.165) is 11.8 Å². The number of hydrogen-bond acceptors (Lipinski definition) is 0. The van der Waals surface area contributed by atoms with E-state index in [1.165, 1.54) is 0 Å². The van der Waals surface area contributed by atoms with Crippen molar-refractivity contribution in [1.29, 1.82) is 0 Å². The Morgan fingerprint density at radius 3 is 1.40 bits per heavy atom. The normalized spacial score (nSPS) is 12.0. The van der Waals surface area contributed by atoms with E-state index in [-0.39, 0.29) is 0 Å². The van der Waals surface area contributed by atoms with Crippen molar-refractivity contribution in [1.82, 2.24) is 0 Å². The summed E-state index contributed by atoms with van der Waals surface area (Å²) in [7, 11) is 0. The number of rotatable bonds is 4. The molecule has 0 aromatic carbocycles. The molecule has 0 bridgehead atoms. The molecule has 0 aromatic heterocycles. The summed E-state index contributed by atoms with van der Waals surface area (Å²) < 4.78 is 3.11. The summed E-state index contributed by atoms with van der Waals surface area (Å²) in [4.78, 5) is 2.53. The monoisotopic (exact) mass is 259 g/mol. The Morgan fingerprint density at radius 2 is 1.20 bits per heavy atom. The Labute approximate surface area is 73.0 Å². The van der Waals surface area contributed by atoms with Gasteiger partial charge in [-0.15, -0.1) is 0 Å². The van der Waals surface area contributed by atoms with E-state index in [9.17, 15) is 0 Å². The van der Waals surface area contributed by atoms with E-state index in [0.29, 0.717) is 0 Å². The van der Waals surface area contributed by atoms with Crippen molar-refractivity contribution in [3.8, 4) is 0 Å². The second kappa shape index (κ2) is 5.44. The van der Waals surface area contributed by atoms with E-state index >= 15 is 0 Å². The first kappa shape index (κ1) is 10.8. The summed E-state index contributed by atoms with van der Waals surface area (Å²) in [6.07, 6.45) is 0. The van der Waals surface area contributed by atoms with Crippen LogP contribution in [0.5, 0.6) is 0 Å². The SMILES string of the molecule is CC(C)C[Te+](C)CC(C)C. The first-order valence-electron chi connectivity index (χ1n) is 4.11. The van der Waals surface area contributed by atoms with Gasteiger partial charge in [-0.25, -0.2) is 0 Å². The van der Waals surface area contributed by atoms with E-state index in [1.807, 2.05) is 0 Å². The van der Waals surface area contributed by atoms with Crippen LogP contribution < -0.4 is 0 Å². The van der Waals surface area contributed by atoms with Crippen LogP contribution in [-0.2, 0) is 0 Å². The van der Waals surface area contributed by atoms with Crippen LogP contribution in [0, 0.1) is 11.8 Å². The van der Waals surface area contributed by atoms with Crippen LogP contribution in [-0.4, -0.2) is 19.6 Å². The molecule has 0 fully saturated rings. The van der Waals surface area contributed by atoms with Crippen molar-refractivity contribution in [2.45, 2.75) is 41.6 Å². The Kier molecular flexibility index (Phi) is 5.87. The molecule has 0 aliphatic rings.